The van der Waals surface area contributed by atoms with Crippen molar-refractivity contribution in [3.8, 4) is 0 Å². The van der Waals surface area contributed by atoms with Gasteiger partial charge in [-0.15, -0.1) is 0 Å². The minimum atomic E-state index is 0.233. The molecule has 3 saturated heterocycles. The predicted octanol–water partition coefficient (Wildman–Crippen LogP) is 0.779. The second-order valence-corrected chi connectivity index (χ2v) is 8.01. The van der Waals surface area contributed by atoms with Crippen molar-refractivity contribution < 1.29 is 9.59 Å². The normalized spacial score (nSPS) is 24.5. The molecule has 0 bridgehead atoms. The first-order valence-electron chi connectivity index (χ1n) is 10.1. The van der Waals surface area contributed by atoms with Crippen molar-refractivity contribution in [2.75, 3.05) is 58.9 Å². The molecule has 1 N–H and O–H groups in total. The third-order valence-corrected chi connectivity index (χ3v) is 6.23. The molecule has 0 aromatic rings. The van der Waals surface area contributed by atoms with E-state index < -0.39 is 0 Å². The van der Waals surface area contributed by atoms with Gasteiger partial charge in [0.2, 0.25) is 11.8 Å². The average molecular weight is 351 g/mol. The lowest BCUT2D eigenvalue weighted by molar-refractivity contribution is -0.140. The van der Waals surface area contributed by atoms with Crippen LogP contribution in [0.3, 0.4) is 0 Å². The van der Waals surface area contributed by atoms with Gasteiger partial charge in [-0.2, -0.15) is 0 Å². The molecular formula is C19H34N4O2. The smallest absolute Gasteiger partial charge is 0.236 e. The Labute approximate surface area is 151 Å². The number of amides is 2. The van der Waals surface area contributed by atoms with Crippen LogP contribution in [0.25, 0.3) is 0 Å². The highest BCUT2D eigenvalue weighted by Gasteiger charge is 2.28. The maximum absolute atomic E-state index is 12.6. The molecule has 0 radical (unpaired) electrons. The van der Waals surface area contributed by atoms with E-state index in [0.717, 1.165) is 26.2 Å². The van der Waals surface area contributed by atoms with E-state index in [-0.39, 0.29) is 11.8 Å². The SMILES string of the molecule is CC(CC(=O)N1CCN(C(=O)CN2CCCC2)CC1)C1CCNCC1. The first-order chi connectivity index (χ1) is 12.1. The average Bonchev–Trinajstić information content (AvgIpc) is 3.15. The molecule has 0 aliphatic carbocycles. The second kappa shape index (κ2) is 8.99. The van der Waals surface area contributed by atoms with Crippen molar-refractivity contribution in [3.05, 3.63) is 0 Å². The van der Waals surface area contributed by atoms with Crippen LogP contribution in [0.1, 0.15) is 39.0 Å². The summed E-state index contributed by atoms with van der Waals surface area (Å²) >= 11 is 0. The first-order valence-corrected chi connectivity index (χ1v) is 10.1. The summed E-state index contributed by atoms with van der Waals surface area (Å²) < 4.78 is 0. The Kier molecular flexibility index (Phi) is 6.70. The Hall–Kier alpha value is -1.14. The van der Waals surface area contributed by atoms with Gasteiger partial charge in [0, 0.05) is 32.6 Å². The molecule has 3 fully saturated rings. The molecule has 142 valence electrons. The molecule has 0 saturated carbocycles. The number of hydrogen-bond donors (Lipinski definition) is 1. The minimum absolute atomic E-state index is 0.233. The highest BCUT2D eigenvalue weighted by Crippen LogP contribution is 2.25. The maximum Gasteiger partial charge on any atom is 0.236 e. The van der Waals surface area contributed by atoms with Gasteiger partial charge in [0.15, 0.2) is 0 Å². The molecule has 3 heterocycles. The largest absolute Gasteiger partial charge is 0.339 e. The van der Waals surface area contributed by atoms with E-state index in [1.807, 2.05) is 9.80 Å². The summed E-state index contributed by atoms with van der Waals surface area (Å²) in [6.45, 7) is 9.84. The van der Waals surface area contributed by atoms with E-state index in [2.05, 4.69) is 17.1 Å². The van der Waals surface area contributed by atoms with Crippen LogP contribution in [0.15, 0.2) is 0 Å². The summed E-state index contributed by atoms with van der Waals surface area (Å²) in [4.78, 5) is 31.2. The number of nitrogens with zero attached hydrogens (tertiary/aromatic N) is 3. The van der Waals surface area contributed by atoms with Crippen LogP contribution in [0.2, 0.25) is 0 Å². The number of carbonyl (C=O) groups excluding carboxylic acids is 2. The monoisotopic (exact) mass is 350 g/mol. The number of nitrogens with one attached hydrogen (secondary N) is 1. The topological polar surface area (TPSA) is 55.9 Å². The molecule has 3 aliphatic rings. The standard InChI is InChI=1S/C19H34N4O2/c1-16(17-4-6-20-7-5-17)14-18(24)22-10-12-23(13-11-22)19(25)15-21-8-2-3-9-21/h16-17,20H,2-15H2,1H3. The predicted molar refractivity (Wildman–Crippen MR) is 98.2 cm³/mol. The van der Waals surface area contributed by atoms with Gasteiger partial charge in [0.05, 0.1) is 6.54 Å². The van der Waals surface area contributed by atoms with Crippen LogP contribution in [0.4, 0.5) is 0 Å². The number of piperazine rings is 1. The lowest BCUT2D eigenvalue weighted by Gasteiger charge is -2.36. The summed E-state index contributed by atoms with van der Waals surface area (Å²) in [7, 11) is 0. The first kappa shape index (κ1) is 18.6. The molecule has 1 unspecified atom stereocenters. The van der Waals surface area contributed by atoms with Crippen LogP contribution < -0.4 is 5.32 Å². The van der Waals surface area contributed by atoms with Gasteiger partial charge in [0.1, 0.15) is 0 Å². The number of hydrogen-bond acceptors (Lipinski definition) is 4. The summed E-state index contributed by atoms with van der Waals surface area (Å²) in [5.41, 5.74) is 0. The van der Waals surface area contributed by atoms with E-state index in [0.29, 0.717) is 51.0 Å². The Balaban J connectivity index is 1.38. The fraction of sp³-hybridized carbons (Fsp3) is 0.895. The number of carbonyl (C=O) groups is 2. The molecule has 1 atom stereocenters. The van der Waals surface area contributed by atoms with E-state index >= 15 is 0 Å². The van der Waals surface area contributed by atoms with Crippen LogP contribution in [0, 0.1) is 11.8 Å². The van der Waals surface area contributed by atoms with E-state index in [1.54, 1.807) is 0 Å². The quantitative estimate of drug-likeness (QED) is 0.796. The maximum atomic E-state index is 12.6. The van der Waals surface area contributed by atoms with Crippen molar-refractivity contribution in [1.29, 1.82) is 0 Å². The molecule has 25 heavy (non-hydrogen) atoms. The van der Waals surface area contributed by atoms with Crippen molar-refractivity contribution in [2.24, 2.45) is 11.8 Å². The number of piperidine rings is 1. The summed E-state index contributed by atoms with van der Waals surface area (Å²) in [6, 6.07) is 0. The zero-order chi connectivity index (χ0) is 17.6. The highest BCUT2D eigenvalue weighted by atomic mass is 16.2. The molecule has 0 aromatic carbocycles. The van der Waals surface area contributed by atoms with Crippen LogP contribution in [-0.4, -0.2) is 85.4 Å². The Bertz CT molecular complexity index is 450. The lowest BCUT2D eigenvalue weighted by atomic mass is 9.84. The van der Waals surface area contributed by atoms with E-state index in [9.17, 15) is 9.59 Å². The molecule has 2 amide bonds. The molecule has 0 spiro atoms. The third kappa shape index (κ3) is 5.17. The van der Waals surface area contributed by atoms with Crippen molar-refractivity contribution >= 4 is 11.8 Å². The van der Waals surface area contributed by atoms with Gasteiger partial charge in [-0.3, -0.25) is 14.5 Å². The minimum Gasteiger partial charge on any atom is -0.339 e. The molecule has 6 nitrogen and oxygen atoms in total. The van der Waals surface area contributed by atoms with Crippen molar-refractivity contribution in [1.82, 2.24) is 20.0 Å². The van der Waals surface area contributed by atoms with Crippen LogP contribution in [-0.2, 0) is 9.59 Å². The zero-order valence-electron chi connectivity index (χ0n) is 15.7. The highest BCUT2D eigenvalue weighted by molar-refractivity contribution is 5.79. The summed E-state index contributed by atoms with van der Waals surface area (Å²) in [5, 5.41) is 3.39. The van der Waals surface area contributed by atoms with Gasteiger partial charge < -0.3 is 15.1 Å². The molecular weight excluding hydrogens is 316 g/mol. The molecule has 6 heteroatoms. The fourth-order valence-electron chi connectivity index (χ4n) is 4.42. The third-order valence-electron chi connectivity index (χ3n) is 6.23. The van der Waals surface area contributed by atoms with Gasteiger partial charge in [0.25, 0.3) is 0 Å². The molecule has 3 rings (SSSR count). The van der Waals surface area contributed by atoms with E-state index in [4.69, 9.17) is 0 Å². The van der Waals surface area contributed by atoms with Gasteiger partial charge in [-0.1, -0.05) is 6.92 Å². The van der Waals surface area contributed by atoms with Gasteiger partial charge in [-0.25, -0.2) is 0 Å². The van der Waals surface area contributed by atoms with Crippen molar-refractivity contribution in [2.45, 2.75) is 39.0 Å². The van der Waals surface area contributed by atoms with Gasteiger partial charge in [-0.05, 0) is 63.7 Å². The summed E-state index contributed by atoms with van der Waals surface area (Å²) in [6.07, 6.45) is 5.46. The van der Waals surface area contributed by atoms with Gasteiger partial charge >= 0.3 is 0 Å². The molecule has 0 aromatic heterocycles. The Morgan fingerprint density at radius 1 is 0.920 bits per heavy atom. The van der Waals surface area contributed by atoms with Crippen LogP contribution in [0.5, 0.6) is 0 Å². The Morgan fingerprint density at radius 3 is 2.08 bits per heavy atom. The number of rotatable bonds is 5. The van der Waals surface area contributed by atoms with Crippen LogP contribution >= 0.6 is 0 Å². The molecule has 3 aliphatic heterocycles. The zero-order valence-corrected chi connectivity index (χ0v) is 15.7. The second-order valence-electron chi connectivity index (χ2n) is 8.01. The van der Waals surface area contributed by atoms with E-state index in [1.165, 1.54) is 25.7 Å². The lowest BCUT2D eigenvalue weighted by Crippen LogP contribution is -2.52. The fourth-order valence-corrected chi connectivity index (χ4v) is 4.42. The summed E-state index contributed by atoms with van der Waals surface area (Å²) in [5.74, 6) is 1.65. The number of likely N-dealkylation sites (tertiary alicyclic amines) is 1. The Morgan fingerprint density at radius 2 is 1.48 bits per heavy atom. The van der Waals surface area contributed by atoms with Crippen molar-refractivity contribution in [3.63, 3.8) is 0 Å².